The summed E-state index contributed by atoms with van der Waals surface area (Å²) >= 11 is 0. The number of carbonyl (C=O) groups excluding carboxylic acids is 1. The van der Waals surface area contributed by atoms with E-state index in [0.717, 1.165) is 16.8 Å². The fourth-order valence-corrected chi connectivity index (χ4v) is 3.36. The summed E-state index contributed by atoms with van der Waals surface area (Å²) in [6.45, 7) is 1.85. The minimum Gasteiger partial charge on any atom is -0.302 e. The van der Waals surface area contributed by atoms with Gasteiger partial charge in [-0.05, 0) is 18.1 Å². The number of ketones is 1. The topological polar surface area (TPSA) is 64.8 Å². The van der Waals surface area contributed by atoms with Crippen molar-refractivity contribution in [3.63, 3.8) is 0 Å². The number of aryl methyl sites for hydroxylation is 1. The summed E-state index contributed by atoms with van der Waals surface area (Å²) in [5.74, 6) is -0.190. The van der Waals surface area contributed by atoms with Gasteiger partial charge in [0.2, 0.25) is 0 Å². The van der Waals surface area contributed by atoms with Crippen molar-refractivity contribution in [1.29, 1.82) is 0 Å². The summed E-state index contributed by atoms with van der Waals surface area (Å²) < 4.78 is 1.38. The van der Waals surface area contributed by atoms with Crippen LogP contribution in [0.1, 0.15) is 32.7 Å². The molecule has 4 rings (SSSR count). The zero-order valence-electron chi connectivity index (χ0n) is 15.7. The molecule has 0 N–H and O–H groups in total. The van der Waals surface area contributed by atoms with Crippen molar-refractivity contribution in [2.24, 2.45) is 7.05 Å². The average molecular weight is 369 g/mol. The molecular formula is C23H19N3O2. The Morgan fingerprint density at radius 2 is 1.64 bits per heavy atom. The second-order valence-corrected chi connectivity index (χ2v) is 6.78. The Morgan fingerprint density at radius 1 is 1.00 bits per heavy atom. The first-order valence-corrected chi connectivity index (χ1v) is 9.04. The lowest BCUT2D eigenvalue weighted by atomic mass is 9.94. The molecule has 0 unspecified atom stereocenters. The van der Waals surface area contributed by atoms with Gasteiger partial charge in [0.05, 0.1) is 17.4 Å². The average Bonchev–Trinajstić information content (AvgIpc) is 2.73. The van der Waals surface area contributed by atoms with Gasteiger partial charge >= 0.3 is 0 Å². The molecule has 0 aliphatic rings. The smallest absolute Gasteiger partial charge is 0.263 e. The van der Waals surface area contributed by atoms with Gasteiger partial charge in [0, 0.05) is 24.6 Å². The number of hydrogen-bond donors (Lipinski definition) is 0. The Balaban J connectivity index is 1.99. The van der Waals surface area contributed by atoms with Crippen LogP contribution in [0.15, 0.2) is 71.8 Å². The Kier molecular flexibility index (Phi) is 4.57. The number of benzene rings is 2. The third-order valence-corrected chi connectivity index (χ3v) is 4.89. The Morgan fingerprint density at radius 3 is 2.32 bits per heavy atom. The standard InChI is InChI=1S/C23H19N3O2/c1-15-18(13-16-9-5-3-6-10-16)25-22-20(23(28)26(2)14-24-22)19(15)21(27)17-11-7-4-8-12-17/h3-12,14H,13H2,1-2H3. The van der Waals surface area contributed by atoms with Crippen molar-refractivity contribution in [2.75, 3.05) is 0 Å². The van der Waals surface area contributed by atoms with Crippen molar-refractivity contribution >= 4 is 16.8 Å². The number of pyridine rings is 1. The Bertz CT molecular complexity index is 1230. The van der Waals surface area contributed by atoms with E-state index in [2.05, 4.69) is 9.97 Å². The molecule has 0 aliphatic heterocycles. The van der Waals surface area contributed by atoms with Gasteiger partial charge in [0.15, 0.2) is 11.4 Å². The maximum atomic E-state index is 13.3. The van der Waals surface area contributed by atoms with E-state index in [1.165, 1.54) is 10.9 Å². The highest BCUT2D eigenvalue weighted by Gasteiger charge is 2.22. The molecule has 0 amide bonds. The molecule has 0 fully saturated rings. The van der Waals surface area contributed by atoms with Crippen LogP contribution in [0.3, 0.4) is 0 Å². The summed E-state index contributed by atoms with van der Waals surface area (Å²) in [5.41, 5.74) is 3.50. The third-order valence-electron chi connectivity index (χ3n) is 4.89. The molecule has 0 spiro atoms. The van der Waals surface area contributed by atoms with Gasteiger partial charge in [0.1, 0.15) is 0 Å². The highest BCUT2D eigenvalue weighted by molar-refractivity contribution is 6.16. The van der Waals surface area contributed by atoms with Crippen molar-refractivity contribution in [3.05, 3.63) is 105 Å². The SMILES string of the molecule is Cc1c(Cc2ccccc2)nc2ncn(C)c(=O)c2c1C(=O)c1ccccc1. The second-order valence-electron chi connectivity index (χ2n) is 6.78. The van der Waals surface area contributed by atoms with E-state index in [9.17, 15) is 9.59 Å². The molecule has 2 heterocycles. The number of rotatable bonds is 4. The fourth-order valence-electron chi connectivity index (χ4n) is 3.36. The lowest BCUT2D eigenvalue weighted by Crippen LogP contribution is -2.22. The van der Waals surface area contributed by atoms with E-state index >= 15 is 0 Å². The highest BCUT2D eigenvalue weighted by atomic mass is 16.1. The van der Waals surface area contributed by atoms with Gasteiger partial charge in [-0.2, -0.15) is 0 Å². The van der Waals surface area contributed by atoms with E-state index in [-0.39, 0.29) is 16.7 Å². The van der Waals surface area contributed by atoms with Gasteiger partial charge < -0.3 is 4.57 Å². The van der Waals surface area contributed by atoms with Crippen LogP contribution in [0, 0.1) is 6.92 Å². The highest BCUT2D eigenvalue weighted by Crippen LogP contribution is 2.24. The molecule has 2 aromatic carbocycles. The predicted molar refractivity (Wildman–Crippen MR) is 109 cm³/mol. The first kappa shape index (κ1) is 17.8. The minimum atomic E-state index is -0.272. The summed E-state index contributed by atoms with van der Waals surface area (Å²) in [5, 5.41) is 0.271. The van der Waals surface area contributed by atoms with Crippen LogP contribution < -0.4 is 5.56 Å². The van der Waals surface area contributed by atoms with E-state index in [0.29, 0.717) is 23.2 Å². The van der Waals surface area contributed by atoms with Crippen molar-refractivity contribution in [3.8, 4) is 0 Å². The zero-order valence-corrected chi connectivity index (χ0v) is 15.7. The first-order chi connectivity index (χ1) is 13.6. The summed E-state index contributed by atoms with van der Waals surface area (Å²) in [7, 11) is 1.62. The first-order valence-electron chi connectivity index (χ1n) is 9.04. The van der Waals surface area contributed by atoms with Crippen LogP contribution >= 0.6 is 0 Å². The second kappa shape index (κ2) is 7.19. The molecule has 0 aliphatic carbocycles. The van der Waals surface area contributed by atoms with Crippen LogP contribution in [0.2, 0.25) is 0 Å². The van der Waals surface area contributed by atoms with Crippen molar-refractivity contribution in [2.45, 2.75) is 13.3 Å². The Labute approximate surface area is 162 Å². The van der Waals surface area contributed by atoms with Crippen LogP contribution in [-0.2, 0) is 13.5 Å². The molecule has 0 radical (unpaired) electrons. The number of fused-ring (bicyclic) bond motifs is 1. The van der Waals surface area contributed by atoms with E-state index in [1.54, 1.807) is 19.2 Å². The fraction of sp³-hybridized carbons (Fsp3) is 0.130. The lowest BCUT2D eigenvalue weighted by Gasteiger charge is -2.14. The van der Waals surface area contributed by atoms with E-state index in [1.807, 2.05) is 55.5 Å². The maximum absolute atomic E-state index is 13.3. The summed E-state index contributed by atoms with van der Waals surface area (Å²) in [6.07, 6.45) is 2.00. The summed E-state index contributed by atoms with van der Waals surface area (Å²) in [4.78, 5) is 35.1. The van der Waals surface area contributed by atoms with Crippen LogP contribution in [-0.4, -0.2) is 20.3 Å². The molecule has 0 atom stereocenters. The quantitative estimate of drug-likeness (QED) is 0.517. The van der Waals surface area contributed by atoms with Crippen LogP contribution in [0.25, 0.3) is 11.0 Å². The Hall–Kier alpha value is -3.60. The number of nitrogens with zero attached hydrogens (tertiary/aromatic N) is 3. The molecule has 2 aromatic heterocycles. The number of hydrogen-bond acceptors (Lipinski definition) is 4. The third kappa shape index (κ3) is 3.11. The van der Waals surface area contributed by atoms with Gasteiger partial charge in [-0.15, -0.1) is 0 Å². The van der Waals surface area contributed by atoms with Gasteiger partial charge in [0.25, 0.3) is 5.56 Å². The lowest BCUT2D eigenvalue weighted by molar-refractivity contribution is 0.103. The molecular weight excluding hydrogens is 350 g/mol. The predicted octanol–water partition coefficient (Wildman–Crippen LogP) is 3.46. The number of carbonyl (C=O) groups is 1. The van der Waals surface area contributed by atoms with Gasteiger partial charge in [-0.3, -0.25) is 9.59 Å². The molecule has 28 heavy (non-hydrogen) atoms. The molecule has 0 saturated carbocycles. The van der Waals surface area contributed by atoms with E-state index < -0.39 is 0 Å². The normalized spacial score (nSPS) is 10.9. The van der Waals surface area contributed by atoms with Crippen molar-refractivity contribution < 1.29 is 4.79 Å². The van der Waals surface area contributed by atoms with Gasteiger partial charge in [-0.1, -0.05) is 60.7 Å². The monoisotopic (exact) mass is 369 g/mol. The molecule has 138 valence electrons. The largest absolute Gasteiger partial charge is 0.302 e. The molecule has 0 saturated heterocycles. The maximum Gasteiger partial charge on any atom is 0.263 e. The van der Waals surface area contributed by atoms with E-state index in [4.69, 9.17) is 0 Å². The minimum absolute atomic E-state index is 0.190. The van der Waals surface area contributed by atoms with Crippen molar-refractivity contribution in [1.82, 2.24) is 14.5 Å². The number of aromatic nitrogens is 3. The molecule has 5 heteroatoms. The molecule has 5 nitrogen and oxygen atoms in total. The summed E-state index contributed by atoms with van der Waals surface area (Å²) in [6, 6.07) is 18.9. The van der Waals surface area contributed by atoms with Crippen LogP contribution in [0.5, 0.6) is 0 Å². The molecule has 4 aromatic rings. The van der Waals surface area contributed by atoms with Crippen LogP contribution in [0.4, 0.5) is 0 Å². The molecule has 0 bridgehead atoms. The zero-order chi connectivity index (χ0) is 19.7. The van der Waals surface area contributed by atoms with Gasteiger partial charge in [-0.25, -0.2) is 9.97 Å².